The molecule has 2 heterocycles. The van der Waals surface area contributed by atoms with Crippen LogP contribution in [-0.2, 0) is 22.6 Å². The van der Waals surface area contributed by atoms with Crippen molar-refractivity contribution in [1.29, 1.82) is 0 Å². The molecular weight excluding hydrogens is 364 g/mol. The van der Waals surface area contributed by atoms with Crippen molar-refractivity contribution in [1.82, 2.24) is 10.2 Å². The van der Waals surface area contributed by atoms with Gasteiger partial charge in [-0.15, -0.1) is 11.3 Å². The molecule has 1 aromatic heterocycles. The van der Waals surface area contributed by atoms with E-state index in [-0.39, 0.29) is 24.3 Å². The molecule has 6 nitrogen and oxygen atoms in total. The lowest BCUT2D eigenvalue weighted by atomic mass is 9.98. The Kier molecular flexibility index (Phi) is 6.01. The van der Waals surface area contributed by atoms with Crippen molar-refractivity contribution >= 4 is 23.2 Å². The predicted octanol–water partition coefficient (Wildman–Crippen LogP) is 2.92. The molecule has 2 aromatic rings. The molecule has 0 aliphatic carbocycles. The standard InChI is InChI=1S/C20H24N2O4S/c1-13(23)21-16(19-5-4-8-27-19)11-20(24)22-7-6-14-9-17(25-2)18(26-3)10-15(14)12-22/h4-5,8-10,16H,6-7,11-12H2,1-3H3,(H,21,23)/t16-/m1/s1. The number of thiophene rings is 1. The number of benzene rings is 1. The zero-order valence-corrected chi connectivity index (χ0v) is 16.6. The van der Waals surface area contributed by atoms with Crippen LogP contribution in [0.5, 0.6) is 11.5 Å². The van der Waals surface area contributed by atoms with Crippen LogP contribution in [0.15, 0.2) is 29.6 Å². The zero-order valence-electron chi connectivity index (χ0n) is 15.8. The Balaban J connectivity index is 1.74. The van der Waals surface area contributed by atoms with E-state index in [0.717, 1.165) is 16.9 Å². The van der Waals surface area contributed by atoms with E-state index in [9.17, 15) is 9.59 Å². The fourth-order valence-electron chi connectivity index (χ4n) is 3.36. The number of nitrogens with zero attached hydrogens (tertiary/aromatic N) is 1. The Morgan fingerprint density at radius 3 is 2.52 bits per heavy atom. The Bertz CT molecular complexity index is 820. The largest absolute Gasteiger partial charge is 0.493 e. The van der Waals surface area contributed by atoms with Crippen molar-refractivity contribution in [2.24, 2.45) is 0 Å². The maximum Gasteiger partial charge on any atom is 0.225 e. The fourth-order valence-corrected chi connectivity index (χ4v) is 4.14. The molecule has 0 saturated heterocycles. The zero-order chi connectivity index (χ0) is 19.4. The fraction of sp³-hybridized carbons (Fsp3) is 0.400. The maximum absolute atomic E-state index is 12.9. The summed E-state index contributed by atoms with van der Waals surface area (Å²) in [5.41, 5.74) is 2.24. The summed E-state index contributed by atoms with van der Waals surface area (Å²) < 4.78 is 10.7. The van der Waals surface area contributed by atoms with E-state index in [1.54, 1.807) is 25.6 Å². The van der Waals surface area contributed by atoms with Gasteiger partial charge >= 0.3 is 0 Å². The average molecular weight is 388 g/mol. The van der Waals surface area contributed by atoms with Crippen molar-refractivity contribution < 1.29 is 19.1 Å². The summed E-state index contributed by atoms with van der Waals surface area (Å²) in [6.07, 6.45) is 1.02. The lowest BCUT2D eigenvalue weighted by molar-refractivity contribution is -0.133. The minimum absolute atomic E-state index is 0.0302. The van der Waals surface area contributed by atoms with Crippen molar-refractivity contribution in [3.05, 3.63) is 45.6 Å². The number of carbonyl (C=O) groups is 2. The molecule has 1 atom stereocenters. The second-order valence-electron chi connectivity index (χ2n) is 6.51. The van der Waals surface area contributed by atoms with Crippen LogP contribution in [0, 0.1) is 0 Å². The molecule has 3 rings (SSSR count). The SMILES string of the molecule is COc1cc2c(cc1OC)CN(C(=O)C[C@@H](NC(C)=O)c1cccs1)CC2. The van der Waals surface area contributed by atoms with Crippen molar-refractivity contribution in [2.75, 3.05) is 20.8 Å². The highest BCUT2D eigenvalue weighted by molar-refractivity contribution is 7.10. The monoisotopic (exact) mass is 388 g/mol. The Morgan fingerprint density at radius 1 is 1.22 bits per heavy atom. The van der Waals surface area contributed by atoms with Crippen LogP contribution < -0.4 is 14.8 Å². The van der Waals surface area contributed by atoms with E-state index in [0.29, 0.717) is 24.6 Å². The number of carbonyl (C=O) groups excluding carboxylic acids is 2. The van der Waals surface area contributed by atoms with Crippen molar-refractivity contribution in [3.63, 3.8) is 0 Å². The first kappa shape index (κ1) is 19.2. The summed E-state index contributed by atoms with van der Waals surface area (Å²) in [7, 11) is 3.23. The topological polar surface area (TPSA) is 67.9 Å². The third-order valence-electron chi connectivity index (χ3n) is 4.71. The summed E-state index contributed by atoms with van der Waals surface area (Å²) in [5, 5.41) is 4.84. The Labute approximate surface area is 163 Å². The third kappa shape index (κ3) is 4.42. The first-order valence-electron chi connectivity index (χ1n) is 8.84. The minimum atomic E-state index is -0.290. The maximum atomic E-state index is 12.9. The summed E-state index contributed by atoms with van der Waals surface area (Å²) in [6.45, 7) is 2.66. The average Bonchev–Trinajstić information content (AvgIpc) is 3.20. The molecular formula is C20H24N2O4S. The molecule has 7 heteroatoms. The van der Waals surface area contributed by atoms with Crippen molar-refractivity contribution in [2.45, 2.75) is 32.4 Å². The molecule has 2 amide bonds. The van der Waals surface area contributed by atoms with Crippen LogP contribution in [0.4, 0.5) is 0 Å². The highest BCUT2D eigenvalue weighted by Crippen LogP contribution is 2.33. The van der Waals surface area contributed by atoms with Gasteiger partial charge in [-0.3, -0.25) is 9.59 Å². The second kappa shape index (κ2) is 8.43. The first-order chi connectivity index (χ1) is 13.0. The van der Waals surface area contributed by atoms with Gasteiger partial charge < -0.3 is 19.7 Å². The van der Waals surface area contributed by atoms with Gasteiger partial charge in [-0.05, 0) is 41.1 Å². The van der Waals surface area contributed by atoms with Gasteiger partial charge in [0.25, 0.3) is 0 Å². The quantitative estimate of drug-likeness (QED) is 0.826. The van der Waals surface area contributed by atoms with Crippen molar-refractivity contribution in [3.8, 4) is 11.5 Å². The number of methoxy groups -OCH3 is 2. The van der Waals surface area contributed by atoms with Crippen LogP contribution in [0.1, 0.15) is 35.4 Å². The molecule has 0 spiro atoms. The smallest absolute Gasteiger partial charge is 0.225 e. The molecule has 0 saturated carbocycles. The third-order valence-corrected chi connectivity index (χ3v) is 5.70. The van der Waals surface area contributed by atoms with E-state index in [1.807, 2.05) is 34.5 Å². The van der Waals surface area contributed by atoms with Gasteiger partial charge in [-0.25, -0.2) is 0 Å². The molecule has 144 valence electrons. The Morgan fingerprint density at radius 2 is 1.93 bits per heavy atom. The predicted molar refractivity (Wildman–Crippen MR) is 104 cm³/mol. The highest BCUT2D eigenvalue weighted by atomic mass is 32.1. The van der Waals surface area contributed by atoms with Crippen LogP contribution in [0.2, 0.25) is 0 Å². The molecule has 27 heavy (non-hydrogen) atoms. The molecule has 1 N–H and O–H groups in total. The normalized spacial score (nSPS) is 14.3. The number of hydrogen-bond donors (Lipinski definition) is 1. The lowest BCUT2D eigenvalue weighted by Crippen LogP contribution is -2.38. The second-order valence-corrected chi connectivity index (χ2v) is 7.49. The van der Waals surface area contributed by atoms with E-state index in [2.05, 4.69) is 5.32 Å². The van der Waals surface area contributed by atoms with Gasteiger partial charge in [-0.2, -0.15) is 0 Å². The summed E-state index contributed by atoms with van der Waals surface area (Å²) >= 11 is 1.54. The number of nitrogens with one attached hydrogen (secondary N) is 1. The number of ether oxygens (including phenoxy) is 2. The number of rotatable bonds is 6. The van der Waals surface area contributed by atoms with Gasteiger partial charge in [0.15, 0.2) is 11.5 Å². The molecule has 0 bridgehead atoms. The minimum Gasteiger partial charge on any atom is -0.493 e. The van der Waals surface area contributed by atoms with Gasteiger partial charge in [0.1, 0.15) is 0 Å². The van der Waals surface area contributed by atoms with Gasteiger partial charge in [0.05, 0.1) is 26.7 Å². The summed E-state index contributed by atoms with van der Waals surface area (Å²) in [4.78, 5) is 27.3. The molecule has 1 aromatic carbocycles. The molecule has 1 aliphatic rings. The number of hydrogen-bond acceptors (Lipinski definition) is 5. The van der Waals surface area contributed by atoms with E-state index in [1.165, 1.54) is 12.5 Å². The van der Waals surface area contributed by atoms with Crippen LogP contribution in [0.3, 0.4) is 0 Å². The van der Waals surface area contributed by atoms with E-state index in [4.69, 9.17) is 9.47 Å². The number of fused-ring (bicyclic) bond motifs is 1. The molecule has 0 fully saturated rings. The van der Waals surface area contributed by atoms with Gasteiger partial charge in [0.2, 0.25) is 11.8 Å². The van der Waals surface area contributed by atoms with Crippen LogP contribution >= 0.6 is 11.3 Å². The van der Waals surface area contributed by atoms with Crippen LogP contribution in [0.25, 0.3) is 0 Å². The summed E-state index contributed by atoms with van der Waals surface area (Å²) in [5.74, 6) is 1.27. The number of amides is 2. The lowest BCUT2D eigenvalue weighted by Gasteiger charge is -2.31. The molecule has 0 unspecified atom stereocenters. The first-order valence-corrected chi connectivity index (χ1v) is 9.71. The Hall–Kier alpha value is -2.54. The van der Waals surface area contributed by atoms with E-state index >= 15 is 0 Å². The van der Waals surface area contributed by atoms with Crippen LogP contribution in [-0.4, -0.2) is 37.5 Å². The molecule has 1 aliphatic heterocycles. The summed E-state index contributed by atoms with van der Waals surface area (Å²) in [6, 6.07) is 7.51. The van der Waals surface area contributed by atoms with E-state index < -0.39 is 0 Å². The van der Waals surface area contributed by atoms with Gasteiger partial charge in [-0.1, -0.05) is 6.07 Å². The molecule has 0 radical (unpaired) electrons. The van der Waals surface area contributed by atoms with Gasteiger partial charge in [0, 0.05) is 24.9 Å². The highest BCUT2D eigenvalue weighted by Gasteiger charge is 2.26.